The standard InChI is InChI=1S/C10H10N2O4/c11-9(13)7-3-8(16-5-1-2-5)6(4-12-7)10(14)15/h3-5H,1-2H2,(H2,11,13)(H,14,15). The molecule has 0 saturated heterocycles. The number of carbonyl (C=O) groups excluding carboxylic acids is 1. The van der Waals surface area contributed by atoms with E-state index >= 15 is 0 Å². The average Bonchev–Trinajstić information content (AvgIpc) is 3.01. The first-order chi connectivity index (χ1) is 7.58. The SMILES string of the molecule is NC(=O)c1cc(OC2CC2)c(C(=O)O)cn1. The maximum absolute atomic E-state index is 10.9. The molecular weight excluding hydrogens is 212 g/mol. The Morgan fingerprint density at radius 2 is 2.19 bits per heavy atom. The van der Waals surface area contributed by atoms with Gasteiger partial charge in [0.25, 0.3) is 5.91 Å². The van der Waals surface area contributed by atoms with Crippen LogP contribution in [0.2, 0.25) is 0 Å². The fourth-order valence-electron chi connectivity index (χ4n) is 1.20. The number of nitrogens with zero attached hydrogens (tertiary/aromatic N) is 1. The van der Waals surface area contributed by atoms with Gasteiger partial charge in [-0.3, -0.25) is 4.79 Å². The first-order valence-corrected chi connectivity index (χ1v) is 4.77. The molecule has 2 rings (SSSR count). The van der Waals surface area contributed by atoms with Gasteiger partial charge in [-0.2, -0.15) is 0 Å². The molecule has 1 aromatic rings. The molecule has 6 heteroatoms. The predicted octanol–water partition coefficient (Wildman–Crippen LogP) is 0.420. The molecule has 0 unspecified atom stereocenters. The van der Waals surface area contributed by atoms with E-state index in [9.17, 15) is 9.59 Å². The van der Waals surface area contributed by atoms with Crippen molar-refractivity contribution in [2.75, 3.05) is 0 Å². The third kappa shape index (κ3) is 2.10. The van der Waals surface area contributed by atoms with Crippen LogP contribution in [0.3, 0.4) is 0 Å². The van der Waals surface area contributed by atoms with Gasteiger partial charge in [-0.15, -0.1) is 0 Å². The normalized spacial score (nSPS) is 14.5. The molecule has 16 heavy (non-hydrogen) atoms. The number of primary amides is 1. The number of hydrogen-bond acceptors (Lipinski definition) is 4. The van der Waals surface area contributed by atoms with Crippen LogP contribution in [0.1, 0.15) is 33.7 Å². The molecule has 0 aromatic carbocycles. The Hall–Kier alpha value is -2.11. The zero-order valence-electron chi connectivity index (χ0n) is 8.34. The van der Waals surface area contributed by atoms with Crippen molar-refractivity contribution in [1.29, 1.82) is 0 Å². The van der Waals surface area contributed by atoms with Crippen molar-refractivity contribution >= 4 is 11.9 Å². The summed E-state index contributed by atoms with van der Waals surface area (Å²) in [4.78, 5) is 25.4. The number of carboxylic acids is 1. The van der Waals surface area contributed by atoms with E-state index in [1.54, 1.807) is 0 Å². The van der Waals surface area contributed by atoms with E-state index in [0.29, 0.717) is 0 Å². The zero-order valence-corrected chi connectivity index (χ0v) is 8.34. The first kappa shape index (κ1) is 10.4. The summed E-state index contributed by atoms with van der Waals surface area (Å²) in [5.41, 5.74) is 4.99. The molecule has 1 heterocycles. The second-order valence-corrected chi connectivity index (χ2v) is 3.55. The Morgan fingerprint density at radius 3 is 2.69 bits per heavy atom. The molecule has 1 saturated carbocycles. The summed E-state index contributed by atoms with van der Waals surface area (Å²) in [5.74, 6) is -1.70. The van der Waals surface area contributed by atoms with Crippen molar-refractivity contribution < 1.29 is 19.4 Å². The third-order valence-corrected chi connectivity index (χ3v) is 2.17. The lowest BCUT2D eigenvalue weighted by atomic mass is 10.2. The molecule has 0 radical (unpaired) electrons. The van der Waals surface area contributed by atoms with Gasteiger partial charge in [0.05, 0.1) is 6.10 Å². The number of aromatic nitrogens is 1. The topological polar surface area (TPSA) is 103 Å². The van der Waals surface area contributed by atoms with Crippen LogP contribution >= 0.6 is 0 Å². The third-order valence-electron chi connectivity index (χ3n) is 2.17. The number of carbonyl (C=O) groups is 2. The smallest absolute Gasteiger partial charge is 0.341 e. The summed E-state index contributed by atoms with van der Waals surface area (Å²) in [7, 11) is 0. The van der Waals surface area contributed by atoms with E-state index in [1.165, 1.54) is 6.07 Å². The highest BCUT2D eigenvalue weighted by Gasteiger charge is 2.26. The Morgan fingerprint density at radius 1 is 1.50 bits per heavy atom. The van der Waals surface area contributed by atoms with Crippen molar-refractivity contribution in [1.82, 2.24) is 4.98 Å². The molecule has 0 atom stereocenters. The Balaban J connectivity index is 2.37. The van der Waals surface area contributed by atoms with E-state index in [-0.39, 0.29) is 23.1 Å². The van der Waals surface area contributed by atoms with Crippen LogP contribution < -0.4 is 10.5 Å². The summed E-state index contributed by atoms with van der Waals surface area (Å²) in [5, 5.41) is 8.89. The van der Waals surface area contributed by atoms with Crippen molar-refractivity contribution in [3.8, 4) is 5.75 Å². The van der Waals surface area contributed by atoms with Gasteiger partial charge in [0.1, 0.15) is 17.0 Å². The summed E-state index contributed by atoms with van der Waals surface area (Å²) in [6.07, 6.45) is 2.92. The van der Waals surface area contributed by atoms with Crippen LogP contribution in [0, 0.1) is 0 Å². The number of carboxylic acid groups (broad SMARTS) is 1. The van der Waals surface area contributed by atoms with Gasteiger partial charge >= 0.3 is 5.97 Å². The van der Waals surface area contributed by atoms with Gasteiger partial charge in [-0.25, -0.2) is 9.78 Å². The molecule has 0 bridgehead atoms. The fourth-order valence-corrected chi connectivity index (χ4v) is 1.20. The molecule has 84 valence electrons. The van der Waals surface area contributed by atoms with Gasteiger partial charge < -0.3 is 15.6 Å². The van der Waals surface area contributed by atoms with Crippen LogP contribution in [0.5, 0.6) is 5.75 Å². The summed E-state index contributed by atoms with van der Waals surface area (Å²) in [6.45, 7) is 0. The lowest BCUT2D eigenvalue weighted by Gasteiger charge is -2.08. The monoisotopic (exact) mass is 222 g/mol. The van der Waals surface area contributed by atoms with Gasteiger partial charge in [-0.05, 0) is 12.8 Å². The first-order valence-electron chi connectivity index (χ1n) is 4.77. The average molecular weight is 222 g/mol. The van der Waals surface area contributed by atoms with Crippen molar-refractivity contribution in [2.24, 2.45) is 5.73 Å². The van der Waals surface area contributed by atoms with E-state index in [1.807, 2.05) is 0 Å². The molecule has 3 N–H and O–H groups in total. The van der Waals surface area contributed by atoms with E-state index in [2.05, 4.69) is 4.98 Å². The summed E-state index contributed by atoms with van der Waals surface area (Å²) >= 11 is 0. The van der Waals surface area contributed by atoms with E-state index in [0.717, 1.165) is 19.0 Å². The Labute approximate surface area is 91.0 Å². The number of amides is 1. The molecule has 1 aromatic heterocycles. The zero-order chi connectivity index (χ0) is 11.7. The molecular formula is C10H10N2O4. The van der Waals surface area contributed by atoms with Crippen LogP contribution in [0.15, 0.2) is 12.3 Å². The number of aromatic carboxylic acids is 1. The molecule has 0 spiro atoms. The molecule has 1 aliphatic carbocycles. The van der Waals surface area contributed by atoms with Crippen LogP contribution in [0.25, 0.3) is 0 Å². The highest BCUT2D eigenvalue weighted by molar-refractivity contribution is 5.94. The van der Waals surface area contributed by atoms with Crippen molar-refractivity contribution in [2.45, 2.75) is 18.9 Å². The number of hydrogen-bond donors (Lipinski definition) is 2. The number of rotatable bonds is 4. The number of pyridine rings is 1. The molecule has 1 aliphatic rings. The largest absolute Gasteiger partial charge is 0.489 e. The van der Waals surface area contributed by atoms with Gasteiger partial charge in [0, 0.05) is 12.3 Å². The van der Waals surface area contributed by atoms with E-state index in [4.69, 9.17) is 15.6 Å². The Bertz CT molecular complexity index is 454. The molecule has 6 nitrogen and oxygen atoms in total. The van der Waals surface area contributed by atoms with Gasteiger partial charge in [-0.1, -0.05) is 0 Å². The molecule has 0 aliphatic heterocycles. The summed E-state index contributed by atoms with van der Waals surface area (Å²) in [6, 6.07) is 1.27. The number of nitrogens with two attached hydrogens (primary N) is 1. The highest BCUT2D eigenvalue weighted by Crippen LogP contribution is 2.29. The Kier molecular flexibility index (Phi) is 2.47. The van der Waals surface area contributed by atoms with Crippen molar-refractivity contribution in [3.05, 3.63) is 23.5 Å². The second kappa shape index (κ2) is 3.80. The second-order valence-electron chi connectivity index (χ2n) is 3.55. The minimum atomic E-state index is -1.14. The van der Waals surface area contributed by atoms with Crippen LogP contribution in [0.4, 0.5) is 0 Å². The minimum absolute atomic E-state index is 0.000602. The quantitative estimate of drug-likeness (QED) is 0.768. The molecule has 1 amide bonds. The van der Waals surface area contributed by atoms with E-state index < -0.39 is 11.9 Å². The maximum atomic E-state index is 10.9. The van der Waals surface area contributed by atoms with Gasteiger partial charge in [0.15, 0.2) is 0 Å². The minimum Gasteiger partial charge on any atom is -0.489 e. The highest BCUT2D eigenvalue weighted by atomic mass is 16.5. The predicted molar refractivity (Wildman–Crippen MR) is 53.4 cm³/mol. The van der Waals surface area contributed by atoms with Crippen LogP contribution in [-0.4, -0.2) is 28.1 Å². The fraction of sp³-hybridized carbons (Fsp3) is 0.300. The lowest BCUT2D eigenvalue weighted by Crippen LogP contribution is -2.15. The van der Waals surface area contributed by atoms with Gasteiger partial charge in [0.2, 0.25) is 0 Å². The van der Waals surface area contributed by atoms with Crippen LogP contribution in [-0.2, 0) is 0 Å². The van der Waals surface area contributed by atoms with Crippen molar-refractivity contribution in [3.63, 3.8) is 0 Å². The summed E-state index contributed by atoms with van der Waals surface area (Å²) < 4.78 is 5.38. The maximum Gasteiger partial charge on any atom is 0.341 e. The lowest BCUT2D eigenvalue weighted by molar-refractivity contribution is 0.0690. The molecule has 1 fully saturated rings. The number of ether oxygens (including phenoxy) is 1.